The molecule has 27 heavy (non-hydrogen) atoms. The Kier molecular flexibility index (Phi) is 4.89. The molecular formula is C18H15ClF2N4O2. The number of anilines is 1. The van der Waals surface area contributed by atoms with Crippen LogP contribution in [0, 0.1) is 23.0 Å². The normalized spacial score (nSPS) is 19.0. The summed E-state index contributed by atoms with van der Waals surface area (Å²) in [6.45, 7) is 2.41. The van der Waals surface area contributed by atoms with Gasteiger partial charge in [0.2, 0.25) is 0 Å². The fraction of sp³-hybridized carbons (Fsp3) is 0.278. The van der Waals surface area contributed by atoms with Crippen molar-refractivity contribution in [2.24, 2.45) is 0 Å². The summed E-state index contributed by atoms with van der Waals surface area (Å²) < 4.78 is 27.5. The van der Waals surface area contributed by atoms with E-state index in [0.717, 1.165) is 18.2 Å². The predicted octanol–water partition coefficient (Wildman–Crippen LogP) is 3.79. The van der Waals surface area contributed by atoms with Gasteiger partial charge in [0.25, 0.3) is 0 Å². The lowest BCUT2D eigenvalue weighted by Crippen LogP contribution is -2.47. The number of aromatic nitrogens is 1. The van der Waals surface area contributed by atoms with Crippen molar-refractivity contribution in [3.05, 3.63) is 46.7 Å². The first-order valence-electron chi connectivity index (χ1n) is 8.03. The number of nitrogens with zero attached hydrogens (tertiary/aromatic N) is 3. The quantitative estimate of drug-likeness (QED) is 0.829. The number of carboxylic acid groups (broad SMARTS) is 1. The minimum Gasteiger partial charge on any atom is -0.465 e. The van der Waals surface area contributed by atoms with Crippen LogP contribution < -0.4 is 10.2 Å². The van der Waals surface area contributed by atoms with Crippen molar-refractivity contribution in [1.82, 2.24) is 10.3 Å². The van der Waals surface area contributed by atoms with Gasteiger partial charge in [-0.2, -0.15) is 5.26 Å². The minimum absolute atomic E-state index is 0.0404. The standard InChI is InChI=1S/C18H15ClF2N4O2/c1-18(24-17(26)27)2-3-25(9-18)16-14(7-22)23-8-13(19)15(16)10-4-11(20)6-12(21)5-10/h4-6,8,24H,2-3,9H2,1H3,(H,26,27). The second-order valence-electron chi connectivity index (χ2n) is 6.61. The summed E-state index contributed by atoms with van der Waals surface area (Å²) in [7, 11) is 0. The lowest BCUT2D eigenvalue weighted by atomic mass is 10.0. The van der Waals surface area contributed by atoms with Gasteiger partial charge in [0.05, 0.1) is 16.2 Å². The summed E-state index contributed by atoms with van der Waals surface area (Å²) in [5.74, 6) is -1.55. The van der Waals surface area contributed by atoms with E-state index in [0.29, 0.717) is 18.7 Å². The molecule has 1 unspecified atom stereocenters. The van der Waals surface area contributed by atoms with Gasteiger partial charge >= 0.3 is 6.09 Å². The number of nitrogens with one attached hydrogen (secondary N) is 1. The zero-order chi connectivity index (χ0) is 19.8. The van der Waals surface area contributed by atoms with Crippen LogP contribution in [0.2, 0.25) is 5.02 Å². The fourth-order valence-electron chi connectivity index (χ4n) is 3.35. The van der Waals surface area contributed by atoms with E-state index in [9.17, 15) is 18.8 Å². The Morgan fingerprint density at radius 2 is 2.07 bits per heavy atom. The van der Waals surface area contributed by atoms with Crippen LogP contribution in [-0.2, 0) is 0 Å². The predicted molar refractivity (Wildman–Crippen MR) is 95.7 cm³/mol. The topological polar surface area (TPSA) is 89.2 Å². The van der Waals surface area contributed by atoms with Crippen LogP contribution in [0.25, 0.3) is 11.1 Å². The molecule has 0 spiro atoms. The monoisotopic (exact) mass is 392 g/mol. The third kappa shape index (κ3) is 3.78. The third-order valence-corrected chi connectivity index (χ3v) is 4.75. The average molecular weight is 393 g/mol. The van der Waals surface area contributed by atoms with Gasteiger partial charge in [-0.1, -0.05) is 11.6 Å². The van der Waals surface area contributed by atoms with Gasteiger partial charge in [-0.15, -0.1) is 0 Å². The molecule has 1 aromatic heterocycles. The Morgan fingerprint density at radius 1 is 1.41 bits per heavy atom. The first-order valence-corrected chi connectivity index (χ1v) is 8.41. The second kappa shape index (κ2) is 7.00. The summed E-state index contributed by atoms with van der Waals surface area (Å²) in [6.07, 6.45) is 0.580. The molecule has 1 aliphatic rings. The Hall–Kier alpha value is -2.92. The molecule has 1 amide bonds. The highest BCUT2D eigenvalue weighted by atomic mass is 35.5. The van der Waals surface area contributed by atoms with Crippen LogP contribution in [0.15, 0.2) is 24.4 Å². The second-order valence-corrected chi connectivity index (χ2v) is 7.02. The summed E-state index contributed by atoms with van der Waals surface area (Å²) in [5.41, 5.74) is 0.0719. The summed E-state index contributed by atoms with van der Waals surface area (Å²) in [4.78, 5) is 16.8. The molecule has 0 radical (unpaired) electrons. The summed E-state index contributed by atoms with van der Waals surface area (Å²) in [6, 6.07) is 4.96. The Bertz CT molecular complexity index is 943. The molecule has 1 atom stereocenters. The van der Waals surface area contributed by atoms with Crippen LogP contribution in [0.3, 0.4) is 0 Å². The average Bonchev–Trinajstić information content (AvgIpc) is 2.94. The number of halogens is 3. The highest BCUT2D eigenvalue weighted by Crippen LogP contribution is 2.41. The number of rotatable bonds is 3. The maximum atomic E-state index is 13.8. The van der Waals surface area contributed by atoms with Gasteiger partial charge in [0.1, 0.15) is 17.7 Å². The van der Waals surface area contributed by atoms with Crippen molar-refractivity contribution in [1.29, 1.82) is 5.26 Å². The van der Waals surface area contributed by atoms with E-state index in [4.69, 9.17) is 16.7 Å². The van der Waals surface area contributed by atoms with Gasteiger partial charge in [0.15, 0.2) is 5.69 Å². The van der Waals surface area contributed by atoms with E-state index in [-0.39, 0.29) is 28.4 Å². The van der Waals surface area contributed by atoms with Gasteiger partial charge in [0, 0.05) is 30.9 Å². The largest absolute Gasteiger partial charge is 0.465 e. The molecule has 1 fully saturated rings. The Balaban J connectivity index is 2.14. The van der Waals surface area contributed by atoms with E-state index in [1.165, 1.54) is 6.20 Å². The highest BCUT2D eigenvalue weighted by Gasteiger charge is 2.37. The molecular weight excluding hydrogens is 378 g/mol. The molecule has 0 saturated carbocycles. The number of benzene rings is 1. The molecule has 1 aliphatic heterocycles. The van der Waals surface area contributed by atoms with Crippen LogP contribution in [0.4, 0.5) is 19.3 Å². The van der Waals surface area contributed by atoms with Crippen molar-refractivity contribution in [3.63, 3.8) is 0 Å². The Morgan fingerprint density at radius 3 is 2.67 bits per heavy atom. The molecule has 3 rings (SSSR count). The van der Waals surface area contributed by atoms with Crippen molar-refractivity contribution in [3.8, 4) is 17.2 Å². The number of hydrogen-bond acceptors (Lipinski definition) is 4. The van der Waals surface area contributed by atoms with Crippen LogP contribution >= 0.6 is 11.6 Å². The minimum atomic E-state index is -1.16. The van der Waals surface area contributed by atoms with Crippen LogP contribution in [-0.4, -0.2) is 34.8 Å². The summed E-state index contributed by atoms with van der Waals surface area (Å²) in [5, 5.41) is 21.1. The molecule has 1 saturated heterocycles. The number of pyridine rings is 1. The maximum absolute atomic E-state index is 13.8. The first-order chi connectivity index (χ1) is 12.7. The van der Waals surface area contributed by atoms with Crippen molar-refractivity contribution < 1.29 is 18.7 Å². The third-order valence-electron chi connectivity index (χ3n) is 4.46. The molecule has 9 heteroatoms. The van der Waals surface area contributed by atoms with E-state index in [1.54, 1.807) is 11.8 Å². The van der Waals surface area contributed by atoms with Crippen molar-refractivity contribution >= 4 is 23.4 Å². The molecule has 2 heterocycles. The highest BCUT2D eigenvalue weighted by molar-refractivity contribution is 6.34. The molecule has 6 nitrogen and oxygen atoms in total. The van der Waals surface area contributed by atoms with Crippen LogP contribution in [0.1, 0.15) is 19.0 Å². The van der Waals surface area contributed by atoms with E-state index < -0.39 is 23.3 Å². The fourth-order valence-corrected chi connectivity index (χ4v) is 3.60. The number of carbonyl (C=O) groups is 1. The SMILES string of the molecule is CC1(NC(=O)O)CCN(c2c(C#N)ncc(Cl)c2-c2cc(F)cc(F)c2)C1. The summed E-state index contributed by atoms with van der Waals surface area (Å²) >= 11 is 6.28. The molecule has 1 aromatic carbocycles. The molecule has 2 N–H and O–H groups in total. The van der Waals surface area contributed by atoms with Crippen LogP contribution in [0.5, 0.6) is 0 Å². The van der Waals surface area contributed by atoms with Gasteiger partial charge in [-0.3, -0.25) is 0 Å². The van der Waals surface area contributed by atoms with Gasteiger partial charge in [-0.05, 0) is 31.0 Å². The number of hydrogen-bond donors (Lipinski definition) is 2. The molecule has 0 bridgehead atoms. The van der Waals surface area contributed by atoms with E-state index >= 15 is 0 Å². The van der Waals surface area contributed by atoms with Gasteiger partial charge < -0.3 is 15.3 Å². The lowest BCUT2D eigenvalue weighted by molar-refractivity contribution is 0.182. The van der Waals surface area contributed by atoms with Gasteiger partial charge in [-0.25, -0.2) is 18.6 Å². The van der Waals surface area contributed by atoms with E-state index in [2.05, 4.69) is 10.3 Å². The Labute approximate surface area is 159 Å². The van der Waals surface area contributed by atoms with Crippen molar-refractivity contribution in [2.75, 3.05) is 18.0 Å². The zero-order valence-electron chi connectivity index (χ0n) is 14.3. The molecule has 2 aromatic rings. The zero-order valence-corrected chi connectivity index (χ0v) is 15.0. The maximum Gasteiger partial charge on any atom is 0.405 e. The van der Waals surface area contributed by atoms with E-state index in [1.807, 2.05) is 6.07 Å². The number of nitriles is 1. The van der Waals surface area contributed by atoms with Crippen molar-refractivity contribution in [2.45, 2.75) is 18.9 Å². The molecule has 140 valence electrons. The number of amides is 1. The molecule has 0 aliphatic carbocycles. The smallest absolute Gasteiger partial charge is 0.405 e. The lowest BCUT2D eigenvalue weighted by Gasteiger charge is -2.27. The first kappa shape index (κ1) is 18.9.